The number of aliphatic hydroxyl groups is 6. The van der Waals surface area contributed by atoms with Crippen molar-refractivity contribution in [2.24, 2.45) is 14.6 Å². The molecule has 29 nitrogen and oxygen atoms in total. The fourth-order valence-electron chi connectivity index (χ4n) is 5.05. The number of rotatable bonds is 14. The number of hydrogen-bond donors (Lipinski definition) is 9. The molecule has 524 valence electrons. The maximum atomic E-state index is 12.2. The summed E-state index contributed by atoms with van der Waals surface area (Å²) in [6.07, 6.45) is 8.29. The maximum absolute atomic E-state index is 12.2. The van der Waals surface area contributed by atoms with Gasteiger partial charge in [0.1, 0.15) is 103 Å². The Labute approximate surface area is 597 Å². The zero-order valence-electron chi connectivity index (χ0n) is 55.4. The predicted octanol–water partition coefficient (Wildman–Crippen LogP) is 5.64. The standard InChI is InChI=1S/C11H19N3O4S2.C11H18N2O4S2.C7H11NO3S2.C6H10N2O2S2.C6H9NO3S2.C6H9NOS.C5H5NOS.Li/c1-10(2,3)18-9(15)14-20(12,17)7-6-13-8(19-7)11(4,5)16;1-10(2,3)17-9(14)13-19(16)7-6-12-8(18-7)11(4,5)15;1-7(2,9)6-8-4-5(12-6)13(10)11-3;1-6(2,9)5-8-3-4(11-5)12(7)10;1-6(2,8)5-7-3-4(11-5)12(9)10;1-6(2,8)5-7-3-4-9-5;1-4(7)5-6-2-3-8-5;/h6,16H,1-5H3,(H2,12,14,15,17);6,15H,1-5H3,(H,13,14);4,9H,1-3H3;3,9H,7H2,1-2H3;3,8H,1-2H3,(H,9,10);3-4,8H,1-2H3;2-3H,1H3;/q;;;;;;;+1/p-1. The Bertz CT molecular complexity index is 3630. The molecule has 5 unspecified atom stereocenters. The number of thiazole rings is 7. The summed E-state index contributed by atoms with van der Waals surface area (Å²) in [5, 5.41) is 75.3. The van der Waals surface area contributed by atoms with Crippen molar-refractivity contribution >= 4 is 151 Å². The molecule has 0 radical (unpaired) electrons. The van der Waals surface area contributed by atoms with E-state index in [1.807, 2.05) is 5.38 Å². The van der Waals surface area contributed by atoms with Crippen molar-refractivity contribution in [3.8, 4) is 0 Å². The van der Waals surface area contributed by atoms with Crippen molar-refractivity contribution in [1.29, 1.82) is 0 Å². The molecule has 11 N–H and O–H groups in total. The molecular formula is C52H80LiN11O18S12. The van der Waals surface area contributed by atoms with Gasteiger partial charge >= 0.3 is 31.0 Å². The third kappa shape index (κ3) is 35.4. The number of ketones is 1. The van der Waals surface area contributed by atoms with Crippen LogP contribution in [0, 0.1) is 0 Å². The Morgan fingerprint density at radius 1 is 0.543 bits per heavy atom. The summed E-state index contributed by atoms with van der Waals surface area (Å²) in [6, 6.07) is 0. The molecule has 0 aromatic carbocycles. The second-order valence-corrected chi connectivity index (χ2v) is 37.8. The van der Waals surface area contributed by atoms with Gasteiger partial charge in [-0.25, -0.2) is 76.3 Å². The van der Waals surface area contributed by atoms with Gasteiger partial charge in [0.25, 0.3) is 0 Å². The largest absolute Gasteiger partial charge is 1.00 e. The van der Waals surface area contributed by atoms with Gasteiger partial charge in [0, 0.05) is 30.1 Å². The molecule has 0 saturated carbocycles. The van der Waals surface area contributed by atoms with Gasteiger partial charge in [-0.3, -0.25) is 13.2 Å². The van der Waals surface area contributed by atoms with Crippen LogP contribution >= 0.6 is 79.4 Å². The van der Waals surface area contributed by atoms with E-state index in [2.05, 4.69) is 48.2 Å². The monoisotopic (exact) mass is 1540 g/mol. The molecule has 0 fully saturated rings. The van der Waals surface area contributed by atoms with Crippen LogP contribution in [0.4, 0.5) is 9.59 Å². The van der Waals surface area contributed by atoms with Crippen molar-refractivity contribution in [3.05, 3.63) is 89.2 Å². The molecule has 0 bridgehead atoms. The van der Waals surface area contributed by atoms with Crippen LogP contribution in [0.25, 0.3) is 0 Å². The first-order chi connectivity index (χ1) is 42.0. The molecule has 7 heterocycles. The van der Waals surface area contributed by atoms with E-state index in [0.717, 1.165) is 50.4 Å². The van der Waals surface area contributed by atoms with E-state index in [9.17, 15) is 70.6 Å². The van der Waals surface area contributed by atoms with Crippen molar-refractivity contribution in [1.82, 2.24) is 39.6 Å². The minimum atomic E-state index is -3.43. The number of nitrogens with zero attached hydrogens (tertiary/aromatic N) is 8. The fourth-order valence-corrected chi connectivity index (χ4v) is 14.4. The third-order valence-electron chi connectivity index (χ3n) is 9.06. The van der Waals surface area contributed by atoms with Crippen LogP contribution in [-0.2, 0) is 101 Å². The van der Waals surface area contributed by atoms with Crippen molar-refractivity contribution in [2.75, 3.05) is 7.11 Å². The van der Waals surface area contributed by atoms with Crippen LogP contribution in [0.1, 0.15) is 171 Å². The van der Waals surface area contributed by atoms with Gasteiger partial charge in [-0.15, -0.1) is 83.7 Å². The molecule has 2 amide bonds. The first-order valence-electron chi connectivity index (χ1n) is 26.4. The van der Waals surface area contributed by atoms with Crippen LogP contribution in [-0.4, -0.2) is 127 Å². The van der Waals surface area contributed by atoms with E-state index in [1.165, 1.54) is 79.0 Å². The number of amides is 2. The Kier molecular flexibility index (Phi) is 36.8. The number of ether oxygens (including phenoxy) is 2. The Morgan fingerprint density at radius 2 is 0.904 bits per heavy atom. The normalized spacial score (nSPS) is 13.8. The quantitative estimate of drug-likeness (QED) is 0.0361. The maximum Gasteiger partial charge on any atom is 1.00 e. The number of nitrogens with two attached hydrogens (primary N) is 2. The van der Waals surface area contributed by atoms with E-state index < -0.39 is 111 Å². The summed E-state index contributed by atoms with van der Waals surface area (Å²) < 4.78 is 88.6. The third-order valence-corrected chi connectivity index (χ3v) is 23.9. The van der Waals surface area contributed by atoms with E-state index in [0.29, 0.717) is 42.7 Å². The molecule has 42 heteroatoms. The molecule has 7 aromatic heterocycles. The van der Waals surface area contributed by atoms with Gasteiger partial charge < -0.3 is 44.7 Å². The second-order valence-electron chi connectivity index (χ2n) is 23.5. The van der Waals surface area contributed by atoms with Crippen molar-refractivity contribution < 1.29 is 103 Å². The van der Waals surface area contributed by atoms with Gasteiger partial charge in [-0.1, -0.05) is 0 Å². The molecule has 5 atom stereocenters. The summed E-state index contributed by atoms with van der Waals surface area (Å²) in [5.41, 5.74) is -7.48. The molecular weight excluding hydrogens is 1460 g/mol. The van der Waals surface area contributed by atoms with Gasteiger partial charge in [-0.05, 0) is 136 Å². The van der Waals surface area contributed by atoms with E-state index in [-0.39, 0.29) is 33.1 Å². The van der Waals surface area contributed by atoms with Gasteiger partial charge in [0.05, 0.1) is 42.3 Å². The van der Waals surface area contributed by atoms with Crippen molar-refractivity contribution in [2.45, 2.75) is 197 Å². The summed E-state index contributed by atoms with van der Waals surface area (Å²) in [4.78, 5) is 60.7. The molecule has 7 aromatic rings. The molecule has 0 aliphatic heterocycles. The van der Waals surface area contributed by atoms with Crippen LogP contribution in [0.2, 0.25) is 0 Å². The molecule has 0 saturated heterocycles. The summed E-state index contributed by atoms with van der Waals surface area (Å²) in [6.45, 7) is 31.0. The number of nitrogens with one attached hydrogen (secondary N) is 1. The molecule has 0 aliphatic carbocycles. The topological polar surface area (TPSA) is 475 Å². The first kappa shape index (κ1) is 90.6. The van der Waals surface area contributed by atoms with Crippen LogP contribution in [0.3, 0.4) is 0 Å². The zero-order valence-corrected chi connectivity index (χ0v) is 65.2. The van der Waals surface area contributed by atoms with Gasteiger partial charge in [0.2, 0.25) is 11.1 Å². The molecule has 94 heavy (non-hydrogen) atoms. The van der Waals surface area contributed by atoms with Crippen molar-refractivity contribution in [3.63, 3.8) is 0 Å². The Morgan fingerprint density at radius 3 is 1.20 bits per heavy atom. The number of carbonyl (C=O) groups excluding carboxylic acids is 3. The average Bonchev–Trinajstić information content (AvgIpc) is 1.67. The van der Waals surface area contributed by atoms with Crippen LogP contribution in [0.15, 0.2) is 79.5 Å². The number of carbonyl (C=O) groups is 3. The Hall–Kier alpha value is -3.43. The van der Waals surface area contributed by atoms with Crippen LogP contribution in [0.5, 0.6) is 0 Å². The molecule has 7 rings (SSSR count). The number of aromatic nitrogens is 7. The second kappa shape index (κ2) is 38.2. The average molecular weight is 1540 g/mol. The van der Waals surface area contributed by atoms with Gasteiger partial charge in [-0.2, -0.15) is 0 Å². The number of Topliss-reactive ketones (excluding diaryl/α,β-unsaturated/α-hetero) is 1. The minimum Gasteiger partial charge on any atom is -0.768 e. The Balaban J connectivity index is 0.00000109. The minimum absolute atomic E-state index is 0. The summed E-state index contributed by atoms with van der Waals surface area (Å²) in [7, 11) is -5.31. The smallest absolute Gasteiger partial charge is 0.768 e. The number of hydrogen-bond acceptors (Lipinski definition) is 32. The molecule has 0 aliphatic rings. The SMILES string of the molecule is CC(=O)c1nccs1.CC(C)(C)OC(=O)N=S(N)(=O)c1cnc(C(C)(C)O)s1.CC(C)(C)OC(=O)NS(=O)c1cnc(C(C)(C)O)s1.CC(C)(O)c1ncc(S(=O)[O-])s1.CC(C)(O)c1ncc(S(N)=O)s1.CC(C)(O)c1nccs1.COS(=O)c1cnc(C(C)(C)O)s1.[Li+]. The molecule has 0 spiro atoms. The fraction of sp³-hybridized carbons (Fsp3) is 0.538. The van der Waals surface area contributed by atoms with E-state index in [1.54, 1.807) is 142 Å². The van der Waals surface area contributed by atoms with E-state index >= 15 is 0 Å². The summed E-state index contributed by atoms with van der Waals surface area (Å²) in [5.74, 6) is 0.0417. The zero-order chi connectivity index (χ0) is 72.3. The first-order valence-corrected chi connectivity index (χ1v) is 38.3. The predicted molar refractivity (Wildman–Crippen MR) is 363 cm³/mol. The van der Waals surface area contributed by atoms with Crippen LogP contribution < -0.4 is 33.9 Å². The van der Waals surface area contributed by atoms with Gasteiger partial charge in [0.15, 0.2) is 31.7 Å². The summed E-state index contributed by atoms with van der Waals surface area (Å²) >= 11 is 4.47. The van der Waals surface area contributed by atoms with E-state index in [4.69, 9.17) is 19.8 Å².